The van der Waals surface area contributed by atoms with E-state index in [-0.39, 0.29) is 28.9 Å². The number of oxime groups is 1. The summed E-state index contributed by atoms with van der Waals surface area (Å²) in [7, 11) is 0. The van der Waals surface area contributed by atoms with Gasteiger partial charge in [0.25, 0.3) is 0 Å². The molecule has 27 heavy (non-hydrogen) atoms. The second-order valence-corrected chi connectivity index (χ2v) is 8.35. The summed E-state index contributed by atoms with van der Waals surface area (Å²) < 4.78 is 0. The van der Waals surface area contributed by atoms with Crippen molar-refractivity contribution in [3.05, 3.63) is 29.3 Å². The standard InChI is InChI=1S/C20H25NO6/c1-20-5-4-12-11-3-2-10(22)6-14(11)16(21-27-9-18(24)25)7-13(12)15(20)8-17(23)19(20)26/h2-3,6,12-13,15,17,19,22-23,26H,4-5,7-9H2,1H3,(H,24,25)/b21-16+/t12-,13+,15-,17+,19-,20-/m0/s1. The van der Waals surface area contributed by atoms with E-state index in [1.807, 2.05) is 6.07 Å². The number of nitrogens with zero attached hydrogens (tertiary/aromatic N) is 1. The highest BCUT2D eigenvalue weighted by Gasteiger charge is 2.58. The highest BCUT2D eigenvalue weighted by atomic mass is 16.6. The van der Waals surface area contributed by atoms with Crippen LogP contribution in [0.4, 0.5) is 0 Å². The van der Waals surface area contributed by atoms with Gasteiger partial charge in [0.15, 0.2) is 0 Å². The van der Waals surface area contributed by atoms with E-state index >= 15 is 0 Å². The fourth-order valence-corrected chi connectivity index (χ4v) is 5.65. The van der Waals surface area contributed by atoms with Crippen molar-refractivity contribution in [1.82, 2.24) is 0 Å². The fourth-order valence-electron chi connectivity index (χ4n) is 5.65. The van der Waals surface area contributed by atoms with E-state index in [4.69, 9.17) is 9.94 Å². The van der Waals surface area contributed by atoms with Gasteiger partial charge in [-0.1, -0.05) is 18.1 Å². The molecule has 7 heteroatoms. The van der Waals surface area contributed by atoms with Crippen molar-refractivity contribution in [2.75, 3.05) is 6.61 Å². The van der Waals surface area contributed by atoms with E-state index in [0.29, 0.717) is 18.6 Å². The third-order valence-corrected chi connectivity index (χ3v) is 6.95. The summed E-state index contributed by atoms with van der Waals surface area (Å²) in [6.07, 6.45) is 1.40. The van der Waals surface area contributed by atoms with E-state index < -0.39 is 24.8 Å². The first-order chi connectivity index (χ1) is 12.8. The number of phenolic OH excluding ortho intramolecular Hbond substituents is 1. The van der Waals surface area contributed by atoms with Crippen molar-refractivity contribution in [3.8, 4) is 5.75 Å². The average molecular weight is 375 g/mol. The molecule has 4 N–H and O–H groups in total. The van der Waals surface area contributed by atoms with Crippen LogP contribution in [0.15, 0.2) is 23.4 Å². The van der Waals surface area contributed by atoms with Gasteiger partial charge >= 0.3 is 5.97 Å². The van der Waals surface area contributed by atoms with Crippen molar-refractivity contribution < 1.29 is 30.1 Å². The van der Waals surface area contributed by atoms with E-state index in [0.717, 1.165) is 24.0 Å². The Labute approximate surface area is 157 Å². The molecule has 6 atom stereocenters. The maximum absolute atomic E-state index is 10.7. The van der Waals surface area contributed by atoms with Crippen LogP contribution >= 0.6 is 0 Å². The molecule has 4 rings (SSSR count). The summed E-state index contributed by atoms with van der Waals surface area (Å²) in [5.74, 6) is -0.385. The topological polar surface area (TPSA) is 120 Å². The molecule has 146 valence electrons. The number of carboxylic acids is 1. The average Bonchev–Trinajstić information content (AvgIpc) is 2.85. The number of hydrogen-bond acceptors (Lipinski definition) is 6. The predicted molar refractivity (Wildman–Crippen MR) is 96.5 cm³/mol. The van der Waals surface area contributed by atoms with Crippen LogP contribution in [-0.2, 0) is 9.63 Å². The maximum Gasteiger partial charge on any atom is 0.344 e. The lowest BCUT2D eigenvalue weighted by atomic mass is 9.55. The number of aliphatic hydroxyl groups excluding tert-OH is 2. The minimum Gasteiger partial charge on any atom is -0.508 e. The first-order valence-electron chi connectivity index (χ1n) is 9.41. The van der Waals surface area contributed by atoms with Crippen LogP contribution in [0.5, 0.6) is 5.75 Å². The molecule has 0 bridgehead atoms. The lowest BCUT2D eigenvalue weighted by Crippen LogP contribution is -2.45. The minimum absolute atomic E-state index is 0.130. The van der Waals surface area contributed by atoms with Gasteiger partial charge < -0.3 is 25.3 Å². The quantitative estimate of drug-likeness (QED) is 0.599. The molecule has 0 radical (unpaired) electrons. The number of hydrogen-bond donors (Lipinski definition) is 4. The second-order valence-electron chi connectivity index (χ2n) is 8.35. The normalized spacial score (nSPS) is 38.8. The molecule has 7 nitrogen and oxygen atoms in total. The van der Waals surface area contributed by atoms with Crippen LogP contribution in [0.1, 0.15) is 49.7 Å². The van der Waals surface area contributed by atoms with Crippen molar-refractivity contribution in [1.29, 1.82) is 0 Å². The van der Waals surface area contributed by atoms with Crippen LogP contribution < -0.4 is 0 Å². The number of aliphatic hydroxyl groups is 2. The van der Waals surface area contributed by atoms with Crippen molar-refractivity contribution in [2.24, 2.45) is 22.4 Å². The van der Waals surface area contributed by atoms with Gasteiger partial charge in [-0.2, -0.15) is 0 Å². The Bertz CT molecular complexity index is 793. The summed E-state index contributed by atoms with van der Waals surface area (Å²) in [4.78, 5) is 15.7. The zero-order valence-electron chi connectivity index (χ0n) is 15.2. The molecule has 0 spiro atoms. The number of aromatic hydroxyl groups is 1. The minimum atomic E-state index is -1.10. The molecular formula is C20H25NO6. The summed E-state index contributed by atoms with van der Waals surface area (Å²) >= 11 is 0. The number of rotatable bonds is 3. The van der Waals surface area contributed by atoms with E-state index in [1.165, 1.54) is 0 Å². The summed E-state index contributed by atoms with van der Waals surface area (Å²) in [6, 6.07) is 5.21. The highest BCUT2D eigenvalue weighted by molar-refractivity contribution is 6.03. The molecule has 2 saturated carbocycles. The number of carbonyl (C=O) groups is 1. The third kappa shape index (κ3) is 2.89. The van der Waals surface area contributed by atoms with Gasteiger partial charge in [0.1, 0.15) is 5.75 Å². The monoisotopic (exact) mass is 375 g/mol. The van der Waals surface area contributed by atoms with E-state index in [1.54, 1.807) is 12.1 Å². The second kappa shape index (κ2) is 6.49. The number of carboxylic acid groups (broad SMARTS) is 1. The van der Waals surface area contributed by atoms with Gasteiger partial charge in [-0.25, -0.2) is 4.79 Å². The number of phenols is 1. The zero-order valence-corrected chi connectivity index (χ0v) is 15.2. The van der Waals surface area contributed by atoms with Crippen LogP contribution in [-0.4, -0.2) is 50.9 Å². The SMILES string of the molecule is C[C@]12CC[C@H]3c4ccc(O)cc4/C(=N/OCC(=O)O)C[C@H]3[C@@H]1C[C@@H](O)[C@@H]2O. The van der Waals surface area contributed by atoms with E-state index in [9.17, 15) is 20.1 Å². The predicted octanol–water partition coefficient (Wildman–Crippen LogP) is 1.84. The molecule has 1 aromatic rings. The molecular weight excluding hydrogens is 350 g/mol. The lowest BCUT2D eigenvalue weighted by Gasteiger charge is -2.49. The molecule has 2 fully saturated rings. The molecule has 0 amide bonds. The van der Waals surface area contributed by atoms with Gasteiger partial charge in [-0.05, 0) is 66.5 Å². The molecule has 0 aliphatic heterocycles. The Balaban J connectivity index is 1.73. The van der Waals surface area contributed by atoms with Crippen LogP contribution in [0.25, 0.3) is 0 Å². The molecule has 3 aliphatic rings. The fraction of sp³-hybridized carbons (Fsp3) is 0.600. The smallest absolute Gasteiger partial charge is 0.344 e. The van der Waals surface area contributed by atoms with Gasteiger partial charge in [0, 0.05) is 5.56 Å². The van der Waals surface area contributed by atoms with E-state index in [2.05, 4.69) is 12.1 Å². The maximum atomic E-state index is 10.7. The number of aliphatic carboxylic acids is 1. The first kappa shape index (κ1) is 18.3. The summed E-state index contributed by atoms with van der Waals surface area (Å²) in [6.45, 7) is 1.53. The summed E-state index contributed by atoms with van der Waals surface area (Å²) in [5.41, 5.74) is 2.15. The van der Waals surface area contributed by atoms with Crippen molar-refractivity contribution in [3.63, 3.8) is 0 Å². The Morgan fingerprint density at radius 1 is 1.37 bits per heavy atom. The molecule has 0 saturated heterocycles. The molecule has 0 unspecified atom stereocenters. The third-order valence-electron chi connectivity index (χ3n) is 6.95. The lowest BCUT2D eigenvalue weighted by molar-refractivity contribution is -0.142. The van der Waals surface area contributed by atoms with Crippen LogP contribution in [0, 0.1) is 17.3 Å². The highest BCUT2D eigenvalue weighted by Crippen LogP contribution is 2.61. The van der Waals surface area contributed by atoms with Crippen LogP contribution in [0.3, 0.4) is 0 Å². The molecule has 0 heterocycles. The van der Waals surface area contributed by atoms with Gasteiger partial charge in [-0.3, -0.25) is 0 Å². The van der Waals surface area contributed by atoms with Crippen molar-refractivity contribution >= 4 is 11.7 Å². The largest absolute Gasteiger partial charge is 0.508 e. The molecule has 1 aromatic carbocycles. The zero-order chi connectivity index (χ0) is 19.3. The first-order valence-corrected chi connectivity index (χ1v) is 9.41. The van der Waals surface area contributed by atoms with Crippen molar-refractivity contribution in [2.45, 2.75) is 50.7 Å². The Hall–Kier alpha value is -2.12. The Morgan fingerprint density at radius 2 is 2.15 bits per heavy atom. The van der Waals surface area contributed by atoms with Gasteiger partial charge in [-0.15, -0.1) is 0 Å². The van der Waals surface area contributed by atoms with Crippen LogP contribution in [0.2, 0.25) is 0 Å². The Morgan fingerprint density at radius 3 is 2.89 bits per heavy atom. The molecule has 3 aliphatic carbocycles. The summed E-state index contributed by atoms with van der Waals surface area (Å²) in [5, 5.41) is 43.6. The van der Waals surface area contributed by atoms with Gasteiger partial charge in [0.2, 0.25) is 6.61 Å². The van der Waals surface area contributed by atoms with Gasteiger partial charge in [0.05, 0.1) is 17.9 Å². The molecule has 0 aromatic heterocycles. The number of benzene rings is 1. The number of fused-ring (bicyclic) bond motifs is 5. The Kier molecular flexibility index (Phi) is 4.39.